The van der Waals surface area contributed by atoms with Crippen LogP contribution in [0.15, 0.2) is 54.6 Å². The summed E-state index contributed by atoms with van der Waals surface area (Å²) in [5, 5.41) is 3.87. The number of nitrogens with one attached hydrogen (secondary N) is 1. The predicted octanol–water partition coefficient (Wildman–Crippen LogP) is 4.20. The van der Waals surface area contributed by atoms with Crippen molar-refractivity contribution in [1.82, 2.24) is 10.3 Å². The van der Waals surface area contributed by atoms with Gasteiger partial charge in [-0.25, -0.2) is 9.78 Å². The highest BCUT2D eigenvalue weighted by atomic mass is 16.5. The molecule has 210 valence electrons. The van der Waals surface area contributed by atoms with E-state index in [2.05, 4.69) is 5.32 Å². The van der Waals surface area contributed by atoms with Gasteiger partial charge in [0.1, 0.15) is 17.0 Å². The Morgan fingerprint density at radius 3 is 2.62 bits per heavy atom. The van der Waals surface area contributed by atoms with Gasteiger partial charge < -0.3 is 29.9 Å². The van der Waals surface area contributed by atoms with Crippen molar-refractivity contribution in [2.45, 2.75) is 56.9 Å². The number of fused-ring (bicyclic) bond motifs is 1. The van der Waals surface area contributed by atoms with E-state index in [1.807, 2.05) is 61.5 Å². The summed E-state index contributed by atoms with van der Waals surface area (Å²) >= 11 is 0. The molecule has 1 aliphatic heterocycles. The van der Waals surface area contributed by atoms with Gasteiger partial charge in [-0.2, -0.15) is 0 Å². The second kappa shape index (κ2) is 11.9. The number of hydrogen-bond acceptors (Lipinski definition) is 8. The normalized spacial score (nSPS) is 23.6. The first-order chi connectivity index (χ1) is 19.4. The van der Waals surface area contributed by atoms with Crippen molar-refractivity contribution in [2.24, 2.45) is 11.7 Å². The Bertz CT molecular complexity index is 1370. The number of ether oxygens (including phenoxy) is 3. The average Bonchev–Trinajstić information content (AvgIpc) is 3.55. The summed E-state index contributed by atoms with van der Waals surface area (Å²) in [7, 11) is 1.62. The molecular formula is C30H36BN3O6. The number of esters is 1. The maximum Gasteiger partial charge on any atom is 0.332 e. The van der Waals surface area contributed by atoms with Crippen LogP contribution in [-0.2, 0) is 19.0 Å². The monoisotopic (exact) mass is 545 g/mol. The first-order valence-corrected chi connectivity index (χ1v) is 13.9. The van der Waals surface area contributed by atoms with Crippen LogP contribution in [0.1, 0.15) is 33.1 Å². The summed E-state index contributed by atoms with van der Waals surface area (Å²) in [6.07, 6.45) is 1.97. The third-order valence-corrected chi connectivity index (χ3v) is 8.03. The Labute approximate surface area is 234 Å². The Hall–Kier alpha value is -3.63. The zero-order chi connectivity index (χ0) is 28.3. The van der Waals surface area contributed by atoms with Crippen LogP contribution in [0.5, 0.6) is 11.5 Å². The molecule has 2 aromatic carbocycles. The lowest BCUT2D eigenvalue weighted by atomic mass is 9.57. The highest BCUT2D eigenvalue weighted by Crippen LogP contribution is 2.48. The van der Waals surface area contributed by atoms with Gasteiger partial charge in [-0.05, 0) is 44.1 Å². The molecule has 1 saturated carbocycles. The molecule has 1 aliphatic carbocycles. The zero-order valence-corrected chi connectivity index (χ0v) is 23.2. The van der Waals surface area contributed by atoms with E-state index < -0.39 is 18.3 Å². The minimum absolute atomic E-state index is 0.0160. The molecule has 5 rings (SSSR count). The number of nitrogens with zero attached hydrogens (tertiary/aromatic N) is 1. The third-order valence-electron chi connectivity index (χ3n) is 8.03. The van der Waals surface area contributed by atoms with E-state index in [1.54, 1.807) is 14.0 Å². The predicted molar refractivity (Wildman–Crippen MR) is 153 cm³/mol. The van der Waals surface area contributed by atoms with E-state index in [-0.39, 0.29) is 37.2 Å². The van der Waals surface area contributed by atoms with Crippen LogP contribution in [0.3, 0.4) is 0 Å². The number of methoxy groups -OCH3 is 1. The maximum atomic E-state index is 13.6. The maximum absolute atomic E-state index is 13.6. The number of nitrogens with two attached hydrogens (primary N) is 1. The van der Waals surface area contributed by atoms with Crippen LogP contribution in [0.25, 0.3) is 22.2 Å². The smallest absolute Gasteiger partial charge is 0.332 e. The summed E-state index contributed by atoms with van der Waals surface area (Å²) in [4.78, 5) is 31.2. The lowest BCUT2D eigenvalue weighted by Gasteiger charge is -2.22. The van der Waals surface area contributed by atoms with E-state index in [0.29, 0.717) is 30.7 Å². The van der Waals surface area contributed by atoms with Crippen molar-refractivity contribution in [3.05, 3.63) is 54.6 Å². The van der Waals surface area contributed by atoms with Gasteiger partial charge in [0.05, 0.1) is 37.8 Å². The van der Waals surface area contributed by atoms with Crippen molar-refractivity contribution in [3.8, 4) is 22.8 Å². The largest absolute Gasteiger partial charge is 0.497 e. The van der Waals surface area contributed by atoms with Crippen LogP contribution in [0.2, 0.25) is 12.1 Å². The molecule has 2 heterocycles. The van der Waals surface area contributed by atoms with Gasteiger partial charge in [0, 0.05) is 28.9 Å². The molecule has 1 amide bonds. The molecule has 0 radical (unpaired) electrons. The molecule has 10 heteroatoms. The number of aromatic nitrogens is 1. The summed E-state index contributed by atoms with van der Waals surface area (Å²) in [6.45, 7) is 3.59. The Morgan fingerprint density at radius 1 is 1.15 bits per heavy atom. The molecule has 1 saturated heterocycles. The summed E-state index contributed by atoms with van der Waals surface area (Å²) < 4.78 is 23.1. The van der Waals surface area contributed by atoms with E-state index >= 15 is 0 Å². The van der Waals surface area contributed by atoms with Crippen molar-refractivity contribution in [1.29, 1.82) is 0 Å². The molecule has 3 N–H and O–H groups in total. The van der Waals surface area contributed by atoms with Gasteiger partial charge in [0.2, 0.25) is 5.91 Å². The first kappa shape index (κ1) is 27.9. The van der Waals surface area contributed by atoms with Gasteiger partial charge in [0.25, 0.3) is 0 Å². The fourth-order valence-corrected chi connectivity index (χ4v) is 5.82. The van der Waals surface area contributed by atoms with Crippen molar-refractivity contribution < 1.29 is 28.5 Å². The van der Waals surface area contributed by atoms with Crippen molar-refractivity contribution in [3.63, 3.8) is 0 Å². The first-order valence-electron chi connectivity index (χ1n) is 13.9. The number of benzene rings is 2. The van der Waals surface area contributed by atoms with E-state index in [4.69, 9.17) is 29.6 Å². The van der Waals surface area contributed by atoms with Crippen LogP contribution >= 0.6 is 0 Å². The minimum Gasteiger partial charge on any atom is -0.497 e. The molecule has 1 aromatic heterocycles. The lowest BCUT2D eigenvalue weighted by molar-refractivity contribution is -0.149. The van der Waals surface area contributed by atoms with Gasteiger partial charge in [0.15, 0.2) is 0 Å². The second-order valence-corrected chi connectivity index (χ2v) is 10.4. The van der Waals surface area contributed by atoms with E-state index in [1.165, 1.54) is 0 Å². The molecule has 9 nitrogen and oxygen atoms in total. The van der Waals surface area contributed by atoms with Gasteiger partial charge in [-0.1, -0.05) is 43.7 Å². The SMILES string of the molecule is CCOC(=O)[C@@]1(NC(=O)[C@@H]2C[C@@H](Oc3cc(-c4ccccc4)nc4cc(OC)ccc34)CB2OCN)CC1CC. The molecule has 2 aliphatic rings. The average molecular weight is 545 g/mol. The lowest BCUT2D eigenvalue weighted by Crippen LogP contribution is -2.48. The Balaban J connectivity index is 1.40. The topological polar surface area (TPSA) is 122 Å². The van der Waals surface area contributed by atoms with Crippen molar-refractivity contribution >= 4 is 29.7 Å². The molecule has 0 spiro atoms. The third kappa shape index (κ3) is 5.51. The molecule has 1 unspecified atom stereocenters. The number of amides is 1. The summed E-state index contributed by atoms with van der Waals surface area (Å²) in [5.41, 5.74) is 7.26. The molecule has 4 atom stereocenters. The van der Waals surface area contributed by atoms with Crippen LogP contribution in [-0.4, -0.2) is 55.9 Å². The van der Waals surface area contributed by atoms with Gasteiger partial charge >= 0.3 is 12.9 Å². The number of pyridine rings is 1. The van der Waals surface area contributed by atoms with Gasteiger partial charge in [-0.15, -0.1) is 0 Å². The summed E-state index contributed by atoms with van der Waals surface area (Å²) in [5.74, 6) is 0.313. The highest BCUT2D eigenvalue weighted by Gasteiger charge is 2.62. The molecule has 2 fully saturated rings. The quantitative estimate of drug-likeness (QED) is 0.209. The number of hydrogen-bond donors (Lipinski definition) is 2. The number of rotatable bonds is 11. The van der Waals surface area contributed by atoms with E-state index in [9.17, 15) is 9.59 Å². The minimum atomic E-state index is -0.959. The Morgan fingerprint density at radius 2 is 1.95 bits per heavy atom. The second-order valence-electron chi connectivity index (χ2n) is 10.4. The van der Waals surface area contributed by atoms with Crippen LogP contribution < -0.4 is 20.5 Å². The highest BCUT2D eigenvalue weighted by molar-refractivity contribution is 6.59. The van der Waals surface area contributed by atoms with Crippen molar-refractivity contribution in [2.75, 3.05) is 20.4 Å². The van der Waals surface area contributed by atoms with E-state index in [0.717, 1.165) is 28.6 Å². The molecule has 0 bridgehead atoms. The zero-order valence-electron chi connectivity index (χ0n) is 23.2. The van der Waals surface area contributed by atoms with Crippen LogP contribution in [0, 0.1) is 5.92 Å². The fourth-order valence-electron chi connectivity index (χ4n) is 5.82. The number of carbonyl (C=O) groups excluding carboxylic acids is 2. The standard InChI is InChI=1S/C30H36BN3O6/c1-4-20-16-30(20,29(36)38-5-2)34-28(35)24-13-22(17-31(24)39-18-32)40-27-15-25(19-9-7-6-8-10-19)33-26-14-21(37-3)11-12-23(26)27/h6-12,14-15,20,22,24H,4-5,13,16-18,32H2,1-3H3,(H,34,35)/t20?,22-,24+,30-/m1/s1. The summed E-state index contributed by atoms with van der Waals surface area (Å²) in [6, 6.07) is 17.5. The fraction of sp³-hybridized carbons (Fsp3) is 0.433. The number of carbonyl (C=O) groups is 2. The molecular weight excluding hydrogens is 509 g/mol. The van der Waals surface area contributed by atoms with Gasteiger partial charge in [-0.3, -0.25) is 4.79 Å². The van der Waals surface area contributed by atoms with Crippen LogP contribution in [0.4, 0.5) is 0 Å². The Kier molecular flexibility index (Phi) is 8.28. The molecule has 3 aromatic rings. The molecule has 40 heavy (non-hydrogen) atoms.